The minimum absolute atomic E-state index is 0.0113. The third-order valence-electron chi connectivity index (χ3n) is 5.10. The molecule has 0 unspecified atom stereocenters. The Labute approximate surface area is 153 Å². The molecule has 2 amide bonds. The molecule has 6 nitrogen and oxygen atoms in total. The van der Waals surface area contributed by atoms with Crippen molar-refractivity contribution in [3.05, 3.63) is 54.1 Å². The number of para-hydroxylation sites is 1. The van der Waals surface area contributed by atoms with Crippen LogP contribution in [0.2, 0.25) is 0 Å². The molecular formula is C20H25N5O. The lowest BCUT2D eigenvalue weighted by Gasteiger charge is -2.23. The Kier molecular flexibility index (Phi) is 4.65. The van der Waals surface area contributed by atoms with E-state index in [-0.39, 0.29) is 12.1 Å². The second kappa shape index (κ2) is 7.23. The second-order valence-corrected chi connectivity index (χ2v) is 6.95. The van der Waals surface area contributed by atoms with Gasteiger partial charge < -0.3 is 19.8 Å². The fourth-order valence-corrected chi connectivity index (χ4v) is 3.72. The highest BCUT2D eigenvalue weighted by Crippen LogP contribution is 2.31. The van der Waals surface area contributed by atoms with Crippen molar-refractivity contribution in [1.29, 1.82) is 0 Å². The number of aromatic amines is 1. The highest BCUT2D eigenvalue weighted by atomic mass is 16.2. The van der Waals surface area contributed by atoms with Gasteiger partial charge in [-0.3, -0.25) is 0 Å². The molecule has 1 saturated heterocycles. The van der Waals surface area contributed by atoms with Crippen LogP contribution in [0.1, 0.15) is 36.7 Å². The fraction of sp³-hybridized carbons (Fsp3) is 0.400. The van der Waals surface area contributed by atoms with Gasteiger partial charge in [0.25, 0.3) is 0 Å². The number of fused-ring (bicyclic) bond motifs is 1. The molecule has 0 radical (unpaired) electrons. The molecule has 136 valence electrons. The number of benzene rings is 1. The van der Waals surface area contributed by atoms with Crippen molar-refractivity contribution in [3.8, 4) is 0 Å². The molecule has 3 aromatic rings. The van der Waals surface area contributed by atoms with E-state index in [2.05, 4.69) is 27.9 Å². The predicted octanol–water partition coefficient (Wildman–Crippen LogP) is 3.61. The lowest BCUT2D eigenvalue weighted by molar-refractivity contribution is 0.191. The maximum absolute atomic E-state index is 12.6. The summed E-state index contributed by atoms with van der Waals surface area (Å²) in [5.74, 6) is 0.897. The normalized spacial score (nSPS) is 17.1. The Morgan fingerprint density at radius 2 is 2.15 bits per heavy atom. The number of nitrogens with zero attached hydrogens (tertiary/aromatic N) is 3. The number of H-pyrrole nitrogens is 1. The molecule has 1 fully saturated rings. The molecule has 1 aliphatic heterocycles. The molecule has 6 heteroatoms. The lowest BCUT2D eigenvalue weighted by Crippen LogP contribution is -2.40. The number of hydrogen-bond donors (Lipinski definition) is 2. The molecule has 1 atom stereocenters. The van der Waals surface area contributed by atoms with E-state index < -0.39 is 0 Å². The number of carbonyl (C=O) groups excluding carboxylic acids is 1. The number of amides is 2. The summed E-state index contributed by atoms with van der Waals surface area (Å²) in [6, 6.07) is 10.2. The number of aromatic nitrogens is 3. The van der Waals surface area contributed by atoms with Crippen molar-refractivity contribution in [1.82, 2.24) is 24.8 Å². The third-order valence-corrected chi connectivity index (χ3v) is 5.10. The van der Waals surface area contributed by atoms with Gasteiger partial charge in [-0.15, -0.1) is 0 Å². The van der Waals surface area contributed by atoms with E-state index in [0.29, 0.717) is 6.54 Å². The molecule has 2 aromatic heterocycles. The molecule has 0 spiro atoms. The molecule has 3 heterocycles. The average molecular weight is 351 g/mol. The van der Waals surface area contributed by atoms with Crippen LogP contribution < -0.4 is 5.32 Å². The molecular weight excluding hydrogens is 326 g/mol. The highest BCUT2D eigenvalue weighted by Gasteiger charge is 2.32. The number of hydrogen-bond acceptors (Lipinski definition) is 2. The fourth-order valence-electron chi connectivity index (χ4n) is 3.72. The van der Waals surface area contributed by atoms with Gasteiger partial charge in [0.2, 0.25) is 0 Å². The van der Waals surface area contributed by atoms with E-state index in [1.54, 1.807) is 0 Å². The minimum atomic E-state index is 0.0113. The first-order valence-corrected chi connectivity index (χ1v) is 9.33. The Morgan fingerprint density at radius 3 is 2.96 bits per heavy atom. The number of likely N-dealkylation sites (tertiary alicyclic amines) is 1. The first-order valence-electron chi connectivity index (χ1n) is 9.33. The minimum Gasteiger partial charge on any atom is -0.354 e. The van der Waals surface area contributed by atoms with Crippen molar-refractivity contribution in [2.24, 2.45) is 0 Å². The summed E-state index contributed by atoms with van der Waals surface area (Å²) in [6.45, 7) is 4.44. The quantitative estimate of drug-likeness (QED) is 0.690. The van der Waals surface area contributed by atoms with E-state index in [4.69, 9.17) is 4.98 Å². The second-order valence-electron chi connectivity index (χ2n) is 6.95. The summed E-state index contributed by atoms with van der Waals surface area (Å²) >= 11 is 0. The Balaban J connectivity index is 1.39. The average Bonchev–Trinajstić information content (AvgIpc) is 3.38. The van der Waals surface area contributed by atoms with Crippen molar-refractivity contribution < 1.29 is 4.79 Å². The molecule has 1 aliphatic rings. The van der Waals surface area contributed by atoms with Gasteiger partial charge in [0.1, 0.15) is 5.82 Å². The van der Waals surface area contributed by atoms with Crippen molar-refractivity contribution >= 4 is 17.1 Å². The number of urea groups is 1. The number of nitrogens with one attached hydrogen (secondary N) is 2. The van der Waals surface area contributed by atoms with Crippen LogP contribution in [-0.2, 0) is 6.54 Å². The summed E-state index contributed by atoms with van der Waals surface area (Å²) in [7, 11) is 0. The van der Waals surface area contributed by atoms with Crippen LogP contribution in [0.3, 0.4) is 0 Å². The van der Waals surface area contributed by atoms with E-state index >= 15 is 0 Å². The van der Waals surface area contributed by atoms with Gasteiger partial charge in [-0.25, -0.2) is 9.78 Å². The Hall–Kier alpha value is -2.76. The van der Waals surface area contributed by atoms with Gasteiger partial charge in [-0.1, -0.05) is 12.1 Å². The Bertz CT molecular complexity index is 883. The van der Waals surface area contributed by atoms with Gasteiger partial charge in [0.15, 0.2) is 0 Å². The predicted molar refractivity (Wildman–Crippen MR) is 102 cm³/mol. The van der Waals surface area contributed by atoms with E-state index in [0.717, 1.165) is 54.8 Å². The maximum atomic E-state index is 12.6. The van der Waals surface area contributed by atoms with E-state index in [1.807, 2.05) is 41.6 Å². The topological polar surface area (TPSA) is 66.0 Å². The lowest BCUT2D eigenvalue weighted by atomic mass is 10.2. The molecule has 1 aromatic carbocycles. The van der Waals surface area contributed by atoms with Gasteiger partial charge in [0, 0.05) is 32.0 Å². The van der Waals surface area contributed by atoms with Crippen LogP contribution in [-0.4, -0.2) is 38.6 Å². The maximum Gasteiger partial charge on any atom is 0.318 e. The summed E-state index contributed by atoms with van der Waals surface area (Å²) in [5.41, 5.74) is 3.20. The first kappa shape index (κ1) is 16.7. The van der Waals surface area contributed by atoms with Crippen LogP contribution in [0, 0.1) is 6.92 Å². The van der Waals surface area contributed by atoms with E-state index in [9.17, 15) is 4.79 Å². The zero-order valence-corrected chi connectivity index (χ0v) is 15.1. The third kappa shape index (κ3) is 3.31. The van der Waals surface area contributed by atoms with Crippen LogP contribution in [0.4, 0.5) is 4.79 Å². The van der Waals surface area contributed by atoms with Gasteiger partial charge >= 0.3 is 6.03 Å². The van der Waals surface area contributed by atoms with Crippen LogP contribution in [0.15, 0.2) is 42.7 Å². The number of carbonyl (C=O) groups is 1. The first-order chi connectivity index (χ1) is 12.7. The van der Waals surface area contributed by atoms with Gasteiger partial charge in [0.05, 0.1) is 17.1 Å². The highest BCUT2D eigenvalue weighted by molar-refractivity contribution is 5.79. The number of aryl methyl sites for hydroxylation is 2. The molecule has 26 heavy (non-hydrogen) atoms. The van der Waals surface area contributed by atoms with E-state index in [1.165, 1.54) is 0 Å². The van der Waals surface area contributed by atoms with Crippen molar-refractivity contribution in [2.75, 3.05) is 13.1 Å². The van der Waals surface area contributed by atoms with Crippen molar-refractivity contribution in [2.45, 2.75) is 38.8 Å². The monoisotopic (exact) mass is 351 g/mol. The van der Waals surface area contributed by atoms with Crippen LogP contribution in [0.25, 0.3) is 11.0 Å². The van der Waals surface area contributed by atoms with Gasteiger partial charge in [-0.2, -0.15) is 0 Å². The van der Waals surface area contributed by atoms with Crippen molar-refractivity contribution in [3.63, 3.8) is 0 Å². The van der Waals surface area contributed by atoms with Crippen LogP contribution >= 0.6 is 0 Å². The summed E-state index contributed by atoms with van der Waals surface area (Å²) in [6.07, 6.45) is 6.97. The standard InChI is InChI=1S/C20H25N5O/c1-15-7-4-8-16-18(15)23-19(22-16)17-9-5-14-25(17)20(26)21-10-6-13-24-11-2-3-12-24/h2-4,7-8,11-12,17H,5-6,9-10,13-14H2,1H3,(H,21,26)(H,22,23)/t17-/m1/s1. The smallest absolute Gasteiger partial charge is 0.318 e. The summed E-state index contributed by atoms with van der Waals surface area (Å²) in [5, 5.41) is 3.06. The summed E-state index contributed by atoms with van der Waals surface area (Å²) < 4.78 is 2.13. The largest absolute Gasteiger partial charge is 0.354 e. The zero-order chi connectivity index (χ0) is 17.9. The summed E-state index contributed by atoms with van der Waals surface area (Å²) in [4.78, 5) is 22.7. The molecule has 0 saturated carbocycles. The molecule has 0 aliphatic carbocycles. The zero-order valence-electron chi connectivity index (χ0n) is 15.1. The number of rotatable bonds is 5. The SMILES string of the molecule is Cc1cccc2[nH]c([C@H]3CCCN3C(=O)NCCCn3cccc3)nc12. The molecule has 4 rings (SSSR count). The Morgan fingerprint density at radius 1 is 1.31 bits per heavy atom. The van der Waals surface area contributed by atoms with Gasteiger partial charge in [-0.05, 0) is 49.9 Å². The molecule has 2 N–H and O–H groups in total. The van der Waals surface area contributed by atoms with Crippen LogP contribution in [0.5, 0.6) is 0 Å². The molecule has 0 bridgehead atoms. The number of imidazole rings is 1.